The van der Waals surface area contributed by atoms with E-state index in [1.165, 1.54) is 0 Å². The lowest BCUT2D eigenvalue weighted by atomic mass is 9.93. The first kappa shape index (κ1) is 18.7. The number of carbonyl (C=O) groups is 2. The molecule has 2 aromatic carbocycles. The maximum absolute atomic E-state index is 12.8. The van der Waals surface area contributed by atoms with Gasteiger partial charge in [0.05, 0.1) is 11.1 Å². The SMILES string of the molecule is C=CCN1C(=O)C(C)(C)COc2cc(NC(=O)c3cccc(C)c3)ccc21. The predicted octanol–water partition coefficient (Wildman–Crippen LogP) is 4.18. The third kappa shape index (κ3) is 3.87. The molecule has 0 aromatic heterocycles. The van der Waals surface area contributed by atoms with Crippen LogP contribution in [0.1, 0.15) is 29.8 Å². The van der Waals surface area contributed by atoms with Crippen LogP contribution in [0.25, 0.3) is 0 Å². The summed E-state index contributed by atoms with van der Waals surface area (Å²) in [7, 11) is 0. The van der Waals surface area contributed by atoms with E-state index in [0.717, 1.165) is 5.56 Å². The standard InChI is InChI=1S/C22H24N2O3/c1-5-11-24-18-10-9-17(13-19(18)27-14-22(3,4)21(24)26)23-20(25)16-8-6-7-15(2)12-16/h5-10,12-13H,1,11,14H2,2-4H3,(H,23,25). The normalized spacial score (nSPS) is 15.4. The van der Waals surface area contributed by atoms with Gasteiger partial charge in [-0.25, -0.2) is 0 Å². The summed E-state index contributed by atoms with van der Waals surface area (Å²) in [4.78, 5) is 27.0. The van der Waals surface area contributed by atoms with Gasteiger partial charge in [-0.15, -0.1) is 6.58 Å². The van der Waals surface area contributed by atoms with Crippen LogP contribution >= 0.6 is 0 Å². The van der Waals surface area contributed by atoms with Crippen molar-refractivity contribution in [2.75, 3.05) is 23.4 Å². The fraction of sp³-hybridized carbons (Fsp3) is 0.273. The Kier molecular flexibility index (Phi) is 5.04. The van der Waals surface area contributed by atoms with Gasteiger partial charge in [0.25, 0.3) is 5.91 Å². The van der Waals surface area contributed by atoms with Crippen molar-refractivity contribution in [3.63, 3.8) is 0 Å². The summed E-state index contributed by atoms with van der Waals surface area (Å²) in [5.74, 6) is 0.363. The zero-order chi connectivity index (χ0) is 19.6. The molecule has 2 amide bonds. The quantitative estimate of drug-likeness (QED) is 0.828. The Morgan fingerprint density at radius 2 is 2.07 bits per heavy atom. The van der Waals surface area contributed by atoms with Gasteiger partial charge < -0.3 is 15.0 Å². The molecule has 1 aliphatic rings. The number of anilines is 2. The van der Waals surface area contributed by atoms with Crippen molar-refractivity contribution in [1.29, 1.82) is 0 Å². The van der Waals surface area contributed by atoms with Gasteiger partial charge in [0, 0.05) is 23.9 Å². The first-order chi connectivity index (χ1) is 12.8. The van der Waals surface area contributed by atoms with Crippen molar-refractivity contribution in [3.8, 4) is 5.75 Å². The zero-order valence-corrected chi connectivity index (χ0v) is 15.9. The molecule has 3 rings (SSSR count). The zero-order valence-electron chi connectivity index (χ0n) is 15.9. The van der Waals surface area contributed by atoms with Gasteiger partial charge in [-0.3, -0.25) is 9.59 Å². The van der Waals surface area contributed by atoms with Crippen molar-refractivity contribution in [1.82, 2.24) is 0 Å². The average molecular weight is 364 g/mol. The summed E-state index contributed by atoms with van der Waals surface area (Å²) in [6.07, 6.45) is 1.69. The van der Waals surface area contributed by atoms with E-state index in [2.05, 4.69) is 11.9 Å². The lowest BCUT2D eigenvalue weighted by Gasteiger charge is -2.27. The largest absolute Gasteiger partial charge is 0.490 e. The van der Waals surface area contributed by atoms with Gasteiger partial charge in [-0.05, 0) is 45.0 Å². The maximum atomic E-state index is 12.8. The second kappa shape index (κ2) is 7.27. The number of ether oxygens (including phenoxy) is 1. The van der Waals surface area contributed by atoms with Crippen molar-refractivity contribution in [2.45, 2.75) is 20.8 Å². The molecule has 0 unspecified atom stereocenters. The van der Waals surface area contributed by atoms with Gasteiger partial charge in [0.2, 0.25) is 5.91 Å². The molecular weight excluding hydrogens is 340 g/mol. The number of carbonyl (C=O) groups excluding carboxylic acids is 2. The van der Waals surface area contributed by atoms with Gasteiger partial charge in [0.15, 0.2) is 0 Å². The number of nitrogens with zero attached hydrogens (tertiary/aromatic N) is 1. The van der Waals surface area contributed by atoms with E-state index in [4.69, 9.17) is 4.74 Å². The number of hydrogen-bond donors (Lipinski definition) is 1. The Labute approximate surface area is 159 Å². The van der Waals surface area contributed by atoms with Crippen LogP contribution in [0.2, 0.25) is 0 Å². The predicted molar refractivity (Wildman–Crippen MR) is 107 cm³/mol. The molecule has 140 valence electrons. The van der Waals surface area contributed by atoms with Crippen molar-refractivity contribution in [3.05, 3.63) is 66.2 Å². The smallest absolute Gasteiger partial charge is 0.255 e. The van der Waals surface area contributed by atoms with E-state index < -0.39 is 5.41 Å². The van der Waals surface area contributed by atoms with Crippen LogP contribution in [-0.2, 0) is 4.79 Å². The second-order valence-electron chi connectivity index (χ2n) is 7.38. The Morgan fingerprint density at radius 1 is 1.30 bits per heavy atom. The first-order valence-electron chi connectivity index (χ1n) is 8.89. The van der Waals surface area contributed by atoms with Crippen LogP contribution in [0, 0.1) is 12.3 Å². The van der Waals surface area contributed by atoms with Crippen molar-refractivity contribution < 1.29 is 14.3 Å². The van der Waals surface area contributed by atoms with E-state index in [0.29, 0.717) is 29.2 Å². The van der Waals surface area contributed by atoms with Crippen molar-refractivity contribution in [2.24, 2.45) is 5.41 Å². The molecule has 0 radical (unpaired) electrons. The molecule has 0 spiro atoms. The molecule has 0 fully saturated rings. The Balaban J connectivity index is 1.90. The van der Waals surface area contributed by atoms with E-state index >= 15 is 0 Å². The van der Waals surface area contributed by atoms with Crippen LogP contribution in [0.5, 0.6) is 5.75 Å². The second-order valence-corrected chi connectivity index (χ2v) is 7.38. The van der Waals surface area contributed by atoms with E-state index in [9.17, 15) is 9.59 Å². The molecule has 0 saturated carbocycles. The van der Waals surface area contributed by atoms with Crippen LogP contribution in [0.3, 0.4) is 0 Å². The van der Waals surface area contributed by atoms with E-state index in [1.807, 2.05) is 39.0 Å². The highest BCUT2D eigenvalue weighted by molar-refractivity contribution is 6.05. The lowest BCUT2D eigenvalue weighted by molar-refractivity contribution is -0.127. The van der Waals surface area contributed by atoms with Crippen LogP contribution in [0.15, 0.2) is 55.1 Å². The average Bonchev–Trinajstić information content (AvgIpc) is 2.72. The molecule has 5 heteroatoms. The summed E-state index contributed by atoms with van der Waals surface area (Å²) in [6, 6.07) is 12.7. The third-order valence-corrected chi connectivity index (χ3v) is 4.51. The highest BCUT2D eigenvalue weighted by atomic mass is 16.5. The Hall–Kier alpha value is -3.08. The molecule has 1 aliphatic heterocycles. The number of amides is 2. The number of fused-ring (bicyclic) bond motifs is 1. The van der Waals surface area contributed by atoms with Gasteiger partial charge in [-0.2, -0.15) is 0 Å². The van der Waals surface area contributed by atoms with Crippen LogP contribution in [0.4, 0.5) is 11.4 Å². The Morgan fingerprint density at radius 3 is 2.78 bits per heavy atom. The van der Waals surface area contributed by atoms with Crippen molar-refractivity contribution >= 4 is 23.2 Å². The van der Waals surface area contributed by atoms with Gasteiger partial charge in [-0.1, -0.05) is 23.8 Å². The maximum Gasteiger partial charge on any atom is 0.255 e. The fourth-order valence-electron chi connectivity index (χ4n) is 3.03. The van der Waals surface area contributed by atoms with E-state index in [-0.39, 0.29) is 18.4 Å². The summed E-state index contributed by atoms with van der Waals surface area (Å²) >= 11 is 0. The molecule has 1 heterocycles. The highest BCUT2D eigenvalue weighted by Gasteiger charge is 2.37. The minimum Gasteiger partial charge on any atom is -0.490 e. The molecular formula is C22H24N2O3. The van der Waals surface area contributed by atoms with Gasteiger partial charge >= 0.3 is 0 Å². The molecule has 5 nitrogen and oxygen atoms in total. The van der Waals surface area contributed by atoms with Crippen LogP contribution in [-0.4, -0.2) is 25.0 Å². The molecule has 0 saturated heterocycles. The molecule has 1 N–H and O–H groups in total. The monoisotopic (exact) mass is 364 g/mol. The number of benzene rings is 2. The highest BCUT2D eigenvalue weighted by Crippen LogP contribution is 2.38. The van der Waals surface area contributed by atoms with E-state index in [1.54, 1.807) is 35.2 Å². The minimum atomic E-state index is -0.646. The molecule has 0 aliphatic carbocycles. The molecule has 27 heavy (non-hydrogen) atoms. The minimum absolute atomic E-state index is 0.0160. The number of hydrogen-bond acceptors (Lipinski definition) is 3. The number of nitrogens with one attached hydrogen (secondary N) is 1. The third-order valence-electron chi connectivity index (χ3n) is 4.51. The molecule has 0 atom stereocenters. The number of aryl methyl sites for hydroxylation is 1. The fourth-order valence-corrected chi connectivity index (χ4v) is 3.03. The lowest BCUT2D eigenvalue weighted by Crippen LogP contribution is -2.42. The summed E-state index contributed by atoms with van der Waals surface area (Å²) in [5, 5.41) is 2.89. The number of rotatable bonds is 4. The summed E-state index contributed by atoms with van der Waals surface area (Å²) in [5.41, 5.74) is 2.27. The first-order valence-corrected chi connectivity index (χ1v) is 8.89. The van der Waals surface area contributed by atoms with Crippen LogP contribution < -0.4 is 15.0 Å². The van der Waals surface area contributed by atoms with Gasteiger partial charge in [0.1, 0.15) is 12.4 Å². The topological polar surface area (TPSA) is 58.6 Å². The summed E-state index contributed by atoms with van der Waals surface area (Å²) in [6.45, 7) is 10.1. The molecule has 2 aromatic rings. The molecule has 0 bridgehead atoms. The summed E-state index contributed by atoms with van der Waals surface area (Å²) < 4.78 is 5.91. The Bertz CT molecular complexity index is 902.